The van der Waals surface area contributed by atoms with Gasteiger partial charge >= 0.3 is 51.4 Å². The smallest absolute Gasteiger partial charge is 0.748 e. The van der Waals surface area contributed by atoms with Crippen molar-refractivity contribution in [3.63, 3.8) is 0 Å². The molecule has 0 rings (SSSR count). The van der Waals surface area contributed by atoms with Crippen molar-refractivity contribution < 1.29 is 64.4 Å². The maximum atomic E-state index is 10.1. The fraction of sp³-hybridized carbons (Fsp3) is 1.00. The largest absolute Gasteiger partial charge is 1.00 e. The summed E-state index contributed by atoms with van der Waals surface area (Å²) >= 11 is 0. The van der Waals surface area contributed by atoms with E-state index in [9.17, 15) is 13.0 Å². The quantitative estimate of drug-likeness (QED) is 0.392. The van der Waals surface area contributed by atoms with E-state index in [0.29, 0.717) is 12.3 Å². The summed E-state index contributed by atoms with van der Waals surface area (Å²) in [7, 11) is -3.97. The Morgan fingerprint density at radius 2 is 1.82 bits per heavy atom. The van der Waals surface area contributed by atoms with Gasteiger partial charge in [0.1, 0.15) is 0 Å². The van der Waals surface area contributed by atoms with Gasteiger partial charge in [-0.1, -0.05) is 20.3 Å². The molecule has 0 unspecified atom stereocenters. The van der Waals surface area contributed by atoms with E-state index in [4.69, 9.17) is 0 Å². The van der Waals surface area contributed by atoms with Crippen LogP contribution in [0.15, 0.2) is 0 Å². The molecule has 5 heteroatoms. The molecule has 0 aliphatic heterocycles. The number of hydrogen-bond donors (Lipinski definition) is 0. The van der Waals surface area contributed by atoms with Crippen molar-refractivity contribution in [3.8, 4) is 0 Å². The maximum absolute atomic E-state index is 10.1. The van der Waals surface area contributed by atoms with Gasteiger partial charge in [-0.15, -0.1) is 0 Å². The zero-order valence-electron chi connectivity index (χ0n) is 7.33. The molecule has 11 heavy (non-hydrogen) atoms. The molecule has 0 aromatic carbocycles. The average molecular weight is 204 g/mol. The summed E-state index contributed by atoms with van der Waals surface area (Å²) in [5.41, 5.74) is 0. The minimum atomic E-state index is -3.97. The second-order valence-electron chi connectivity index (χ2n) is 2.80. The van der Waals surface area contributed by atoms with Crippen LogP contribution in [0, 0.1) is 5.92 Å². The van der Waals surface area contributed by atoms with Gasteiger partial charge in [-0.2, -0.15) is 0 Å². The predicted octanol–water partition coefficient (Wildman–Crippen LogP) is -2.03. The van der Waals surface area contributed by atoms with Gasteiger partial charge in [-0.25, -0.2) is 8.42 Å². The summed E-state index contributed by atoms with van der Waals surface area (Å²) in [6.45, 7) is 3.99. The van der Waals surface area contributed by atoms with Gasteiger partial charge in [0.15, 0.2) is 0 Å². The second kappa shape index (κ2) is 7.00. The molecule has 0 aromatic heterocycles. The molecule has 0 aromatic rings. The van der Waals surface area contributed by atoms with E-state index in [1.54, 1.807) is 0 Å². The Morgan fingerprint density at radius 1 is 1.36 bits per heavy atom. The van der Waals surface area contributed by atoms with Crippen LogP contribution in [-0.4, -0.2) is 18.7 Å². The van der Waals surface area contributed by atoms with Gasteiger partial charge in [0.05, 0.1) is 10.1 Å². The maximum Gasteiger partial charge on any atom is 1.00 e. The summed E-state index contributed by atoms with van der Waals surface area (Å²) in [4.78, 5) is 0. The molecule has 62 valence electrons. The molecule has 0 atom stereocenters. The third-order valence-corrected chi connectivity index (χ3v) is 1.96. The Hall–Kier alpha value is 1.55. The van der Waals surface area contributed by atoms with Crippen LogP contribution in [0.25, 0.3) is 0 Å². The SMILES string of the molecule is CC(C)CCCS(=O)(=O)[O-].[K+]. The molecule has 0 saturated carbocycles. The van der Waals surface area contributed by atoms with Crippen molar-refractivity contribution in [2.75, 3.05) is 5.75 Å². The first-order valence-electron chi connectivity index (χ1n) is 3.35. The molecule has 0 amide bonds. The van der Waals surface area contributed by atoms with Crippen molar-refractivity contribution in [1.82, 2.24) is 0 Å². The molecule has 0 bridgehead atoms. The number of hydrogen-bond acceptors (Lipinski definition) is 3. The minimum Gasteiger partial charge on any atom is -0.748 e. The van der Waals surface area contributed by atoms with Gasteiger partial charge in [0.25, 0.3) is 0 Å². The van der Waals surface area contributed by atoms with Gasteiger partial charge in [0.2, 0.25) is 0 Å². The van der Waals surface area contributed by atoms with Crippen LogP contribution >= 0.6 is 0 Å². The minimum absolute atomic E-state index is 0. The van der Waals surface area contributed by atoms with E-state index in [0.717, 1.165) is 6.42 Å². The first-order valence-corrected chi connectivity index (χ1v) is 4.93. The van der Waals surface area contributed by atoms with Crippen LogP contribution in [0.5, 0.6) is 0 Å². The van der Waals surface area contributed by atoms with E-state index < -0.39 is 10.1 Å². The Kier molecular flexibility index (Phi) is 9.57. The van der Waals surface area contributed by atoms with E-state index in [1.807, 2.05) is 13.8 Å². The van der Waals surface area contributed by atoms with Crippen molar-refractivity contribution in [3.05, 3.63) is 0 Å². The standard InChI is InChI=1S/C6H14O3S.K/c1-6(2)4-3-5-10(7,8)9;/h6H,3-5H2,1-2H3,(H,7,8,9);/q;+1/p-1. The fourth-order valence-electron chi connectivity index (χ4n) is 0.668. The van der Waals surface area contributed by atoms with Crippen LogP contribution in [0.4, 0.5) is 0 Å². The van der Waals surface area contributed by atoms with Crippen molar-refractivity contribution >= 4 is 10.1 Å². The molecule has 0 aliphatic rings. The number of rotatable bonds is 4. The molecular weight excluding hydrogens is 191 g/mol. The molecule has 0 heterocycles. The Labute approximate surface area is 111 Å². The summed E-state index contributed by atoms with van der Waals surface area (Å²) in [6.07, 6.45) is 1.30. The Bertz CT molecular complexity index is 174. The van der Waals surface area contributed by atoms with Crippen LogP contribution < -0.4 is 51.4 Å². The zero-order valence-corrected chi connectivity index (χ0v) is 11.3. The fourth-order valence-corrected chi connectivity index (χ4v) is 1.19. The monoisotopic (exact) mass is 204 g/mol. The summed E-state index contributed by atoms with van der Waals surface area (Å²) in [6, 6.07) is 0. The average Bonchev–Trinajstić information content (AvgIpc) is 1.59. The second-order valence-corrected chi connectivity index (χ2v) is 4.32. The van der Waals surface area contributed by atoms with E-state index in [1.165, 1.54) is 0 Å². The molecule has 0 saturated heterocycles. The van der Waals surface area contributed by atoms with Crippen LogP contribution in [0.2, 0.25) is 0 Å². The van der Waals surface area contributed by atoms with Crippen LogP contribution in [-0.2, 0) is 10.1 Å². The van der Waals surface area contributed by atoms with E-state index in [-0.39, 0.29) is 57.1 Å². The van der Waals surface area contributed by atoms with Gasteiger partial charge in [-0.3, -0.25) is 0 Å². The summed E-state index contributed by atoms with van der Waals surface area (Å²) in [5.74, 6) is 0.257. The van der Waals surface area contributed by atoms with Crippen LogP contribution in [0.1, 0.15) is 26.7 Å². The molecule has 0 fully saturated rings. The van der Waals surface area contributed by atoms with Gasteiger partial charge in [-0.05, 0) is 12.3 Å². The Balaban J connectivity index is 0. The summed E-state index contributed by atoms with van der Waals surface area (Å²) in [5, 5.41) is 0. The first kappa shape index (κ1) is 15.0. The zero-order chi connectivity index (χ0) is 8.20. The molecule has 0 spiro atoms. The van der Waals surface area contributed by atoms with Crippen molar-refractivity contribution in [1.29, 1.82) is 0 Å². The van der Waals surface area contributed by atoms with Gasteiger partial charge < -0.3 is 4.55 Å². The molecule has 0 radical (unpaired) electrons. The predicted molar refractivity (Wildman–Crippen MR) is 38.6 cm³/mol. The molecular formula is C6H13KO3S. The normalized spacial score (nSPS) is 11.3. The van der Waals surface area contributed by atoms with E-state index >= 15 is 0 Å². The molecule has 0 aliphatic carbocycles. The molecule has 3 nitrogen and oxygen atoms in total. The van der Waals surface area contributed by atoms with Crippen molar-refractivity contribution in [2.24, 2.45) is 5.92 Å². The third-order valence-electron chi connectivity index (χ3n) is 1.18. The van der Waals surface area contributed by atoms with Gasteiger partial charge in [0, 0.05) is 5.75 Å². The van der Waals surface area contributed by atoms with E-state index in [2.05, 4.69) is 0 Å². The summed E-state index contributed by atoms with van der Waals surface area (Å²) < 4.78 is 30.2. The third kappa shape index (κ3) is 14.4. The molecule has 0 N–H and O–H groups in total. The van der Waals surface area contributed by atoms with Crippen molar-refractivity contribution in [2.45, 2.75) is 26.7 Å². The Morgan fingerprint density at radius 3 is 2.09 bits per heavy atom. The first-order chi connectivity index (χ1) is 4.42. The topological polar surface area (TPSA) is 57.2 Å². The van der Waals surface area contributed by atoms with Crippen LogP contribution in [0.3, 0.4) is 0 Å².